The molecule has 2 heterocycles. The Hall–Kier alpha value is -1.91. The molecule has 1 aromatic heterocycles. The van der Waals surface area contributed by atoms with E-state index in [2.05, 4.69) is 10.3 Å². The van der Waals surface area contributed by atoms with Crippen molar-refractivity contribution in [2.24, 2.45) is 0 Å². The molecule has 114 valence electrons. The Morgan fingerprint density at radius 1 is 1.23 bits per heavy atom. The fourth-order valence-corrected chi connectivity index (χ4v) is 2.81. The number of hydrogen-bond acceptors (Lipinski definition) is 3. The summed E-state index contributed by atoms with van der Waals surface area (Å²) in [6, 6.07) is 11.6. The summed E-state index contributed by atoms with van der Waals surface area (Å²) in [5, 5.41) is 4.14. The lowest BCUT2D eigenvalue weighted by atomic mass is 10.0. The van der Waals surface area contributed by atoms with E-state index in [4.69, 9.17) is 11.6 Å². The smallest absolute Gasteiger partial charge is 0.227 e. The number of rotatable bonds is 3. The number of nitrogens with zero attached hydrogens (tertiary/aromatic N) is 2. The van der Waals surface area contributed by atoms with Crippen LogP contribution in [-0.2, 0) is 11.2 Å². The maximum absolute atomic E-state index is 12.5. The Morgan fingerprint density at radius 2 is 1.95 bits per heavy atom. The molecule has 0 saturated carbocycles. The normalized spacial score (nSPS) is 18.2. The van der Waals surface area contributed by atoms with Gasteiger partial charge in [0, 0.05) is 37.1 Å². The fourth-order valence-electron chi connectivity index (χ4n) is 2.68. The number of nitrogens with one attached hydrogen (secondary N) is 1. The lowest BCUT2D eigenvalue weighted by Gasteiger charge is -2.34. The van der Waals surface area contributed by atoms with Crippen LogP contribution in [0.25, 0.3) is 0 Å². The molecule has 4 nitrogen and oxygen atoms in total. The Morgan fingerprint density at radius 3 is 2.68 bits per heavy atom. The van der Waals surface area contributed by atoms with E-state index in [9.17, 15) is 4.79 Å². The van der Waals surface area contributed by atoms with Crippen LogP contribution in [-0.4, -0.2) is 35.4 Å². The minimum absolute atomic E-state index is 0.155. The molecule has 0 unspecified atom stereocenters. The molecule has 1 aliphatic heterocycles. The van der Waals surface area contributed by atoms with Gasteiger partial charge in [-0.15, -0.1) is 0 Å². The predicted molar refractivity (Wildman–Crippen MR) is 86.7 cm³/mol. The zero-order chi connectivity index (χ0) is 15.4. The first-order valence-electron chi connectivity index (χ1n) is 7.38. The number of pyridine rings is 1. The van der Waals surface area contributed by atoms with Crippen LogP contribution in [0.4, 0.5) is 0 Å². The second-order valence-electron chi connectivity index (χ2n) is 5.43. The third kappa shape index (κ3) is 3.64. The molecule has 1 fully saturated rings. The number of aromatic nitrogens is 1. The molecule has 1 amide bonds. The minimum atomic E-state index is 0.155. The zero-order valence-corrected chi connectivity index (χ0v) is 13.0. The number of carbonyl (C=O) groups is 1. The molecule has 1 aromatic carbocycles. The van der Waals surface area contributed by atoms with E-state index in [1.54, 1.807) is 12.4 Å². The van der Waals surface area contributed by atoms with Gasteiger partial charge in [0.2, 0.25) is 5.91 Å². The SMILES string of the molecule is O=C(Cc1ccc(Cl)cc1)N1CCN[C@H](c2ccncc2)C1. The van der Waals surface area contributed by atoms with Gasteiger partial charge in [-0.1, -0.05) is 23.7 Å². The van der Waals surface area contributed by atoms with Crippen molar-refractivity contribution in [3.8, 4) is 0 Å². The van der Waals surface area contributed by atoms with Crippen LogP contribution in [0.15, 0.2) is 48.8 Å². The van der Waals surface area contributed by atoms with Gasteiger partial charge >= 0.3 is 0 Å². The highest BCUT2D eigenvalue weighted by Crippen LogP contribution is 2.17. The van der Waals surface area contributed by atoms with Crippen LogP contribution in [0.1, 0.15) is 17.2 Å². The standard InChI is InChI=1S/C17H18ClN3O/c18-15-3-1-13(2-4-15)11-17(22)21-10-9-20-16(12-21)14-5-7-19-8-6-14/h1-8,16,20H,9-12H2/t16-/m0/s1. The summed E-state index contributed by atoms with van der Waals surface area (Å²) in [6.07, 6.45) is 3.98. The second kappa shape index (κ2) is 6.90. The van der Waals surface area contributed by atoms with Crippen LogP contribution in [0.3, 0.4) is 0 Å². The largest absolute Gasteiger partial charge is 0.339 e. The van der Waals surface area contributed by atoms with Crippen molar-refractivity contribution < 1.29 is 4.79 Å². The summed E-state index contributed by atoms with van der Waals surface area (Å²) in [6.45, 7) is 2.24. The second-order valence-corrected chi connectivity index (χ2v) is 5.87. The van der Waals surface area contributed by atoms with Crippen molar-refractivity contribution in [1.82, 2.24) is 15.2 Å². The van der Waals surface area contributed by atoms with Gasteiger partial charge in [0.15, 0.2) is 0 Å². The van der Waals surface area contributed by atoms with E-state index >= 15 is 0 Å². The van der Waals surface area contributed by atoms with E-state index in [-0.39, 0.29) is 11.9 Å². The average molecular weight is 316 g/mol. The maximum Gasteiger partial charge on any atom is 0.227 e. The molecule has 1 N–H and O–H groups in total. The molecule has 2 aromatic rings. The van der Waals surface area contributed by atoms with Crippen molar-refractivity contribution in [3.63, 3.8) is 0 Å². The Kier molecular flexibility index (Phi) is 4.71. The van der Waals surface area contributed by atoms with Gasteiger partial charge in [0.25, 0.3) is 0 Å². The zero-order valence-electron chi connectivity index (χ0n) is 12.2. The van der Waals surface area contributed by atoms with Crippen LogP contribution < -0.4 is 5.32 Å². The Bertz CT molecular complexity index is 630. The molecule has 22 heavy (non-hydrogen) atoms. The highest BCUT2D eigenvalue weighted by atomic mass is 35.5. The van der Waals surface area contributed by atoms with Crippen LogP contribution in [0, 0.1) is 0 Å². The lowest BCUT2D eigenvalue weighted by Crippen LogP contribution is -2.48. The molecular formula is C17H18ClN3O. The minimum Gasteiger partial charge on any atom is -0.339 e. The van der Waals surface area contributed by atoms with E-state index in [0.717, 1.165) is 18.7 Å². The first-order chi connectivity index (χ1) is 10.7. The van der Waals surface area contributed by atoms with E-state index in [0.29, 0.717) is 18.0 Å². The molecule has 5 heteroatoms. The molecule has 1 aliphatic rings. The van der Waals surface area contributed by atoms with E-state index in [1.807, 2.05) is 41.3 Å². The van der Waals surface area contributed by atoms with Crippen molar-refractivity contribution in [1.29, 1.82) is 0 Å². The number of amides is 1. The monoisotopic (exact) mass is 315 g/mol. The molecule has 0 spiro atoms. The first kappa shape index (κ1) is 15.0. The van der Waals surface area contributed by atoms with Gasteiger partial charge < -0.3 is 10.2 Å². The summed E-state index contributed by atoms with van der Waals surface area (Å²) >= 11 is 5.88. The van der Waals surface area contributed by atoms with Gasteiger partial charge in [-0.3, -0.25) is 9.78 Å². The number of piperazine rings is 1. The summed E-state index contributed by atoms with van der Waals surface area (Å²) in [7, 11) is 0. The number of hydrogen-bond donors (Lipinski definition) is 1. The Balaban J connectivity index is 1.64. The highest BCUT2D eigenvalue weighted by Gasteiger charge is 2.24. The van der Waals surface area contributed by atoms with Crippen LogP contribution >= 0.6 is 11.6 Å². The molecule has 0 aliphatic carbocycles. The summed E-state index contributed by atoms with van der Waals surface area (Å²) in [4.78, 5) is 18.4. The third-order valence-corrected chi connectivity index (χ3v) is 4.16. The van der Waals surface area contributed by atoms with Crippen molar-refractivity contribution in [2.75, 3.05) is 19.6 Å². The molecule has 0 radical (unpaired) electrons. The summed E-state index contributed by atoms with van der Waals surface area (Å²) < 4.78 is 0. The van der Waals surface area contributed by atoms with Gasteiger partial charge in [-0.05, 0) is 35.4 Å². The molecular weight excluding hydrogens is 298 g/mol. The first-order valence-corrected chi connectivity index (χ1v) is 7.76. The number of benzene rings is 1. The van der Waals surface area contributed by atoms with Crippen LogP contribution in [0.2, 0.25) is 5.02 Å². The van der Waals surface area contributed by atoms with Gasteiger partial charge in [0.05, 0.1) is 12.5 Å². The Labute approximate surface area is 135 Å². The van der Waals surface area contributed by atoms with Crippen LogP contribution in [0.5, 0.6) is 0 Å². The third-order valence-electron chi connectivity index (χ3n) is 3.91. The van der Waals surface area contributed by atoms with Gasteiger partial charge in [-0.25, -0.2) is 0 Å². The number of halogens is 1. The van der Waals surface area contributed by atoms with Gasteiger partial charge in [-0.2, -0.15) is 0 Å². The van der Waals surface area contributed by atoms with Crippen molar-refractivity contribution >= 4 is 17.5 Å². The van der Waals surface area contributed by atoms with Crippen molar-refractivity contribution in [3.05, 3.63) is 64.9 Å². The highest BCUT2D eigenvalue weighted by molar-refractivity contribution is 6.30. The molecule has 3 rings (SSSR count). The topological polar surface area (TPSA) is 45.2 Å². The molecule has 1 atom stereocenters. The number of carbonyl (C=O) groups excluding carboxylic acids is 1. The quantitative estimate of drug-likeness (QED) is 0.946. The lowest BCUT2D eigenvalue weighted by molar-refractivity contribution is -0.131. The average Bonchev–Trinajstić information content (AvgIpc) is 2.58. The van der Waals surface area contributed by atoms with Crippen molar-refractivity contribution in [2.45, 2.75) is 12.5 Å². The molecule has 0 bridgehead atoms. The summed E-state index contributed by atoms with van der Waals surface area (Å²) in [5.41, 5.74) is 2.16. The maximum atomic E-state index is 12.5. The van der Waals surface area contributed by atoms with Gasteiger partial charge in [0.1, 0.15) is 0 Å². The predicted octanol–water partition coefficient (Wildman–Crippen LogP) is 2.45. The summed E-state index contributed by atoms with van der Waals surface area (Å²) in [5.74, 6) is 0.155. The molecule has 1 saturated heterocycles. The van der Waals surface area contributed by atoms with E-state index in [1.165, 1.54) is 5.56 Å². The fraction of sp³-hybridized carbons (Fsp3) is 0.294. The van der Waals surface area contributed by atoms with E-state index < -0.39 is 0 Å².